The highest BCUT2D eigenvalue weighted by Crippen LogP contribution is 2.32. The van der Waals surface area contributed by atoms with E-state index in [-0.39, 0.29) is 24.1 Å². The van der Waals surface area contributed by atoms with Crippen molar-refractivity contribution >= 4 is 26.0 Å². The summed E-state index contributed by atoms with van der Waals surface area (Å²) in [5.74, 6) is 0. The average Bonchev–Trinajstić information content (AvgIpc) is 3.09. The van der Waals surface area contributed by atoms with Crippen molar-refractivity contribution in [3.8, 4) is 0 Å². The first kappa shape index (κ1) is 13.0. The molecule has 0 amide bonds. The van der Waals surface area contributed by atoms with E-state index in [4.69, 9.17) is 5.11 Å². The van der Waals surface area contributed by atoms with E-state index in [1.165, 1.54) is 4.31 Å². The molecule has 0 aromatic heterocycles. The summed E-state index contributed by atoms with van der Waals surface area (Å²) in [6, 6.07) is 6.70. The maximum Gasteiger partial charge on any atom is 0.243 e. The fourth-order valence-electron chi connectivity index (χ4n) is 1.72. The van der Waals surface area contributed by atoms with E-state index in [0.29, 0.717) is 0 Å². The lowest BCUT2D eigenvalue weighted by molar-refractivity contribution is 0.250. The first-order valence-corrected chi connectivity index (χ1v) is 7.67. The van der Waals surface area contributed by atoms with E-state index >= 15 is 0 Å². The van der Waals surface area contributed by atoms with Crippen molar-refractivity contribution in [3.05, 3.63) is 28.7 Å². The van der Waals surface area contributed by atoms with Gasteiger partial charge in [0.15, 0.2) is 0 Å². The summed E-state index contributed by atoms with van der Waals surface area (Å²) in [7, 11) is -3.48. The molecule has 2 rings (SSSR count). The number of hydrogen-bond donors (Lipinski definition) is 1. The first-order valence-electron chi connectivity index (χ1n) is 5.44. The SMILES string of the molecule is O=S(=O)(c1cccc(Br)c1)N(CCO)C1CC1. The van der Waals surface area contributed by atoms with E-state index in [2.05, 4.69) is 15.9 Å². The van der Waals surface area contributed by atoms with Gasteiger partial charge < -0.3 is 5.11 Å². The number of rotatable bonds is 5. The second-order valence-electron chi connectivity index (χ2n) is 4.03. The van der Waals surface area contributed by atoms with Gasteiger partial charge in [0.25, 0.3) is 0 Å². The molecular weight excluding hydrogens is 306 g/mol. The zero-order valence-corrected chi connectivity index (χ0v) is 11.6. The van der Waals surface area contributed by atoms with Crippen molar-refractivity contribution in [2.24, 2.45) is 0 Å². The molecule has 0 atom stereocenters. The van der Waals surface area contributed by atoms with Crippen LogP contribution in [0.2, 0.25) is 0 Å². The lowest BCUT2D eigenvalue weighted by Crippen LogP contribution is -2.35. The molecule has 0 saturated heterocycles. The van der Waals surface area contributed by atoms with Crippen LogP contribution in [0.3, 0.4) is 0 Å². The highest BCUT2D eigenvalue weighted by atomic mass is 79.9. The van der Waals surface area contributed by atoms with Gasteiger partial charge in [0.2, 0.25) is 10.0 Å². The van der Waals surface area contributed by atoms with Gasteiger partial charge in [-0.3, -0.25) is 0 Å². The smallest absolute Gasteiger partial charge is 0.243 e. The Kier molecular flexibility index (Phi) is 3.87. The lowest BCUT2D eigenvalue weighted by atomic mass is 10.4. The standard InChI is InChI=1S/C11H14BrNO3S/c12-9-2-1-3-11(8-9)17(15,16)13(6-7-14)10-4-5-10/h1-3,8,10,14H,4-7H2. The Morgan fingerprint density at radius 3 is 2.65 bits per heavy atom. The molecule has 0 unspecified atom stereocenters. The van der Waals surface area contributed by atoms with Crippen molar-refractivity contribution in [2.45, 2.75) is 23.8 Å². The highest BCUT2D eigenvalue weighted by molar-refractivity contribution is 9.10. The summed E-state index contributed by atoms with van der Waals surface area (Å²) >= 11 is 3.26. The highest BCUT2D eigenvalue weighted by Gasteiger charge is 2.37. The van der Waals surface area contributed by atoms with Crippen molar-refractivity contribution in [3.63, 3.8) is 0 Å². The summed E-state index contributed by atoms with van der Waals surface area (Å²) in [6.07, 6.45) is 1.76. The fraction of sp³-hybridized carbons (Fsp3) is 0.455. The van der Waals surface area contributed by atoms with Crippen LogP contribution in [-0.2, 0) is 10.0 Å². The fourth-order valence-corrected chi connectivity index (χ4v) is 4.00. The summed E-state index contributed by atoms with van der Waals surface area (Å²) in [6.45, 7) is 0.0171. The Morgan fingerprint density at radius 2 is 2.12 bits per heavy atom. The Labute approximate surface area is 109 Å². The molecule has 0 spiro atoms. The zero-order valence-electron chi connectivity index (χ0n) is 9.21. The molecule has 0 bridgehead atoms. The Balaban J connectivity index is 2.33. The van der Waals surface area contributed by atoms with Crippen LogP contribution in [0, 0.1) is 0 Å². The van der Waals surface area contributed by atoms with Crippen LogP contribution in [-0.4, -0.2) is 37.0 Å². The minimum atomic E-state index is -3.48. The van der Waals surface area contributed by atoms with Crippen LogP contribution < -0.4 is 0 Å². The average molecular weight is 320 g/mol. The van der Waals surface area contributed by atoms with E-state index in [1.54, 1.807) is 24.3 Å². The maximum absolute atomic E-state index is 12.3. The number of aliphatic hydroxyl groups is 1. The van der Waals surface area contributed by atoms with Crippen molar-refractivity contribution in [2.75, 3.05) is 13.2 Å². The van der Waals surface area contributed by atoms with Gasteiger partial charge in [-0.1, -0.05) is 22.0 Å². The van der Waals surface area contributed by atoms with Gasteiger partial charge in [-0.15, -0.1) is 0 Å². The molecule has 6 heteroatoms. The van der Waals surface area contributed by atoms with E-state index < -0.39 is 10.0 Å². The molecule has 0 radical (unpaired) electrons. The van der Waals surface area contributed by atoms with E-state index in [1.807, 2.05) is 0 Å². The van der Waals surface area contributed by atoms with Crippen LogP contribution >= 0.6 is 15.9 Å². The minimum absolute atomic E-state index is 0.0612. The maximum atomic E-state index is 12.3. The topological polar surface area (TPSA) is 57.6 Å². The van der Waals surface area contributed by atoms with Crippen LogP contribution in [0.4, 0.5) is 0 Å². The van der Waals surface area contributed by atoms with Crippen molar-refractivity contribution < 1.29 is 13.5 Å². The number of aliphatic hydroxyl groups excluding tert-OH is 1. The molecule has 1 N–H and O–H groups in total. The molecule has 1 aliphatic carbocycles. The third-order valence-electron chi connectivity index (χ3n) is 2.68. The predicted molar refractivity (Wildman–Crippen MR) is 68.1 cm³/mol. The first-order chi connectivity index (χ1) is 8.05. The molecule has 94 valence electrons. The summed E-state index contributed by atoms with van der Waals surface area (Å²) < 4.78 is 26.8. The number of benzene rings is 1. The second-order valence-corrected chi connectivity index (χ2v) is 6.83. The molecule has 4 nitrogen and oxygen atoms in total. The van der Waals surface area contributed by atoms with E-state index in [9.17, 15) is 8.42 Å². The number of nitrogens with zero attached hydrogens (tertiary/aromatic N) is 1. The molecule has 0 heterocycles. The van der Waals surface area contributed by atoms with E-state index in [0.717, 1.165) is 17.3 Å². The van der Waals surface area contributed by atoms with Gasteiger partial charge in [0.05, 0.1) is 11.5 Å². The molecule has 1 saturated carbocycles. The molecule has 17 heavy (non-hydrogen) atoms. The van der Waals surface area contributed by atoms with Gasteiger partial charge in [-0.25, -0.2) is 8.42 Å². The molecular formula is C11H14BrNO3S. The number of hydrogen-bond acceptors (Lipinski definition) is 3. The monoisotopic (exact) mass is 319 g/mol. The second kappa shape index (κ2) is 5.06. The van der Waals surface area contributed by atoms with Crippen LogP contribution in [0.1, 0.15) is 12.8 Å². The summed E-state index contributed by atoms with van der Waals surface area (Å²) in [4.78, 5) is 0.271. The summed E-state index contributed by atoms with van der Waals surface area (Å²) in [5, 5.41) is 8.96. The van der Waals surface area contributed by atoms with Crippen molar-refractivity contribution in [1.29, 1.82) is 0 Å². The van der Waals surface area contributed by atoms with Gasteiger partial charge >= 0.3 is 0 Å². The van der Waals surface area contributed by atoms with Gasteiger partial charge in [0.1, 0.15) is 0 Å². The summed E-state index contributed by atoms with van der Waals surface area (Å²) in [5.41, 5.74) is 0. The third-order valence-corrected chi connectivity index (χ3v) is 5.12. The number of sulfonamides is 1. The van der Waals surface area contributed by atoms with Crippen LogP contribution in [0.5, 0.6) is 0 Å². The van der Waals surface area contributed by atoms with Gasteiger partial charge in [0, 0.05) is 17.1 Å². The Morgan fingerprint density at radius 1 is 1.41 bits per heavy atom. The lowest BCUT2D eigenvalue weighted by Gasteiger charge is -2.20. The molecule has 1 aliphatic rings. The Bertz CT molecular complexity index is 499. The Hall–Kier alpha value is -0.430. The molecule has 1 aromatic rings. The van der Waals surface area contributed by atoms with Gasteiger partial charge in [-0.05, 0) is 31.0 Å². The van der Waals surface area contributed by atoms with Crippen molar-refractivity contribution in [1.82, 2.24) is 4.31 Å². The minimum Gasteiger partial charge on any atom is -0.395 e. The van der Waals surface area contributed by atoms with Crippen LogP contribution in [0.25, 0.3) is 0 Å². The van der Waals surface area contributed by atoms with Crippen LogP contribution in [0.15, 0.2) is 33.6 Å². The largest absolute Gasteiger partial charge is 0.395 e. The number of halogens is 1. The van der Waals surface area contributed by atoms with Gasteiger partial charge in [-0.2, -0.15) is 4.31 Å². The quantitative estimate of drug-likeness (QED) is 0.896. The zero-order chi connectivity index (χ0) is 12.5. The predicted octanol–water partition coefficient (Wildman–Crippen LogP) is 1.59. The normalized spacial score (nSPS) is 16.4. The third kappa shape index (κ3) is 2.88. The molecule has 1 fully saturated rings. The molecule has 0 aliphatic heterocycles. The molecule has 1 aromatic carbocycles.